The molecule has 1 atom stereocenters. The van der Waals surface area contributed by atoms with Gasteiger partial charge in [0.25, 0.3) is 0 Å². The van der Waals surface area contributed by atoms with Gasteiger partial charge in [-0.25, -0.2) is 4.79 Å². The zero-order valence-electron chi connectivity index (χ0n) is 12.4. The van der Waals surface area contributed by atoms with Crippen LogP contribution in [0, 0.1) is 11.8 Å². The molecule has 0 aromatic carbocycles. The van der Waals surface area contributed by atoms with Crippen LogP contribution in [0.5, 0.6) is 0 Å². The highest BCUT2D eigenvalue weighted by atomic mass is 32.1. The Morgan fingerprint density at radius 2 is 1.80 bits per heavy atom. The van der Waals surface area contributed by atoms with E-state index >= 15 is 0 Å². The average molecular weight is 297 g/mol. The van der Waals surface area contributed by atoms with Gasteiger partial charge in [-0.1, -0.05) is 38.4 Å². The van der Waals surface area contributed by atoms with Crippen LogP contribution in [0.1, 0.15) is 51.9 Å². The zero-order valence-corrected chi connectivity index (χ0v) is 13.3. The Labute approximate surface area is 127 Å². The maximum Gasteiger partial charge on any atom is 0.317 e. The van der Waals surface area contributed by atoms with E-state index in [0.717, 1.165) is 44.7 Å². The second-order valence-electron chi connectivity index (χ2n) is 6.40. The molecule has 2 fully saturated rings. The lowest BCUT2D eigenvalue weighted by Gasteiger charge is -2.34. The summed E-state index contributed by atoms with van der Waals surface area (Å²) in [5.41, 5.74) is 5.87. The molecular weight excluding hydrogens is 270 g/mol. The van der Waals surface area contributed by atoms with E-state index in [1.165, 1.54) is 19.3 Å². The third-order valence-electron chi connectivity index (χ3n) is 4.78. The molecule has 5 heteroatoms. The fourth-order valence-corrected chi connectivity index (χ4v) is 3.58. The molecule has 1 unspecified atom stereocenters. The largest absolute Gasteiger partial charge is 0.392 e. The summed E-state index contributed by atoms with van der Waals surface area (Å²) >= 11 is 5.18. The second-order valence-corrected chi connectivity index (χ2v) is 6.87. The number of carbonyl (C=O) groups is 1. The fourth-order valence-electron chi connectivity index (χ4n) is 3.32. The maximum atomic E-state index is 12.4. The number of amides is 2. The number of piperidine rings is 1. The van der Waals surface area contributed by atoms with Crippen molar-refractivity contribution in [3.05, 3.63) is 0 Å². The fraction of sp³-hybridized carbons (Fsp3) is 0.867. The molecular formula is C15H27N3OS. The summed E-state index contributed by atoms with van der Waals surface area (Å²) in [6, 6.07) is -0.113. The van der Waals surface area contributed by atoms with E-state index in [1.807, 2.05) is 4.90 Å². The highest BCUT2D eigenvalue weighted by molar-refractivity contribution is 7.80. The van der Waals surface area contributed by atoms with Crippen molar-refractivity contribution in [2.24, 2.45) is 17.6 Å². The van der Waals surface area contributed by atoms with Gasteiger partial charge in [-0.15, -0.1) is 0 Å². The monoisotopic (exact) mass is 297 g/mol. The van der Waals surface area contributed by atoms with Crippen LogP contribution in [0.15, 0.2) is 0 Å². The van der Waals surface area contributed by atoms with Crippen LogP contribution in [-0.4, -0.2) is 35.1 Å². The van der Waals surface area contributed by atoms with Crippen molar-refractivity contribution in [2.45, 2.75) is 57.9 Å². The van der Waals surface area contributed by atoms with E-state index in [0.29, 0.717) is 10.9 Å². The summed E-state index contributed by atoms with van der Waals surface area (Å²) in [7, 11) is 0. The molecule has 2 amide bonds. The lowest BCUT2D eigenvalue weighted by molar-refractivity contribution is 0.168. The molecule has 0 spiro atoms. The van der Waals surface area contributed by atoms with E-state index in [2.05, 4.69) is 12.2 Å². The molecule has 3 N–H and O–H groups in total. The van der Waals surface area contributed by atoms with Crippen LogP contribution in [0.2, 0.25) is 0 Å². The van der Waals surface area contributed by atoms with E-state index in [9.17, 15) is 4.79 Å². The first-order chi connectivity index (χ1) is 9.58. The first-order valence-corrected chi connectivity index (χ1v) is 8.33. The van der Waals surface area contributed by atoms with Gasteiger partial charge in [-0.05, 0) is 37.5 Å². The minimum Gasteiger partial charge on any atom is -0.392 e. The van der Waals surface area contributed by atoms with Gasteiger partial charge in [-0.3, -0.25) is 0 Å². The number of hydrogen-bond donors (Lipinski definition) is 2. The summed E-state index contributed by atoms with van der Waals surface area (Å²) < 4.78 is 0. The number of nitrogens with zero attached hydrogens (tertiary/aromatic N) is 1. The first kappa shape index (κ1) is 15.5. The Balaban J connectivity index is 1.90. The number of hydrogen-bond acceptors (Lipinski definition) is 2. The number of nitrogens with one attached hydrogen (secondary N) is 1. The molecule has 0 aromatic rings. The Bertz CT molecular complexity index is 347. The second kappa shape index (κ2) is 7.25. The van der Waals surface area contributed by atoms with E-state index in [1.54, 1.807) is 0 Å². The van der Waals surface area contributed by atoms with Crippen LogP contribution in [0.4, 0.5) is 4.79 Å². The Morgan fingerprint density at radius 1 is 1.20 bits per heavy atom. The summed E-state index contributed by atoms with van der Waals surface area (Å²) in [4.78, 5) is 14.7. The van der Waals surface area contributed by atoms with Gasteiger partial charge in [0.2, 0.25) is 0 Å². The molecule has 1 saturated carbocycles. The minimum atomic E-state index is -0.128. The van der Waals surface area contributed by atoms with Gasteiger partial charge >= 0.3 is 6.03 Å². The van der Waals surface area contributed by atoms with Gasteiger partial charge in [0.1, 0.15) is 0 Å². The van der Waals surface area contributed by atoms with Crippen LogP contribution in [0.3, 0.4) is 0 Å². The molecule has 2 aliphatic rings. The topological polar surface area (TPSA) is 58.4 Å². The van der Waals surface area contributed by atoms with Gasteiger partial charge in [0, 0.05) is 13.1 Å². The third kappa shape index (κ3) is 4.08. The quantitative estimate of drug-likeness (QED) is 0.787. The van der Waals surface area contributed by atoms with Gasteiger partial charge in [-0.2, -0.15) is 0 Å². The predicted molar refractivity (Wildman–Crippen MR) is 85.7 cm³/mol. The standard InChI is InChI=1S/C15H27N3OS/c1-11-7-9-18(10-8-11)15(19)17-13(14(16)20)12-5-3-2-4-6-12/h11-13H,2-10H2,1H3,(H2,16,20)(H,17,19). The van der Waals surface area contributed by atoms with Crippen LogP contribution < -0.4 is 11.1 Å². The molecule has 4 nitrogen and oxygen atoms in total. The third-order valence-corrected chi connectivity index (χ3v) is 5.03. The molecule has 1 aliphatic carbocycles. The molecule has 0 bridgehead atoms. The molecule has 2 rings (SSSR count). The number of nitrogens with two attached hydrogens (primary N) is 1. The van der Waals surface area contributed by atoms with Crippen LogP contribution in [0.25, 0.3) is 0 Å². The number of urea groups is 1. The molecule has 0 aromatic heterocycles. The highest BCUT2D eigenvalue weighted by Crippen LogP contribution is 2.27. The summed E-state index contributed by atoms with van der Waals surface area (Å²) in [6.07, 6.45) is 8.17. The smallest absolute Gasteiger partial charge is 0.317 e. The van der Waals surface area contributed by atoms with Gasteiger partial charge in [0.05, 0.1) is 11.0 Å². The maximum absolute atomic E-state index is 12.4. The molecule has 1 saturated heterocycles. The Kier molecular flexibility index (Phi) is 5.64. The Morgan fingerprint density at radius 3 is 2.35 bits per heavy atom. The number of thiocarbonyl (C=S) groups is 1. The summed E-state index contributed by atoms with van der Waals surface area (Å²) in [6.45, 7) is 3.94. The molecule has 114 valence electrons. The molecule has 0 radical (unpaired) electrons. The van der Waals surface area contributed by atoms with Crippen LogP contribution in [-0.2, 0) is 0 Å². The number of rotatable bonds is 3. The normalized spacial score (nSPS) is 23.4. The van der Waals surface area contributed by atoms with E-state index < -0.39 is 0 Å². The SMILES string of the molecule is CC1CCN(C(=O)NC(C(N)=S)C2CCCCC2)CC1. The van der Waals surface area contributed by atoms with Crippen LogP contribution >= 0.6 is 12.2 Å². The molecule has 1 aliphatic heterocycles. The van der Waals surface area contributed by atoms with E-state index in [4.69, 9.17) is 18.0 Å². The highest BCUT2D eigenvalue weighted by Gasteiger charge is 2.29. The first-order valence-electron chi connectivity index (χ1n) is 7.92. The van der Waals surface area contributed by atoms with Crippen molar-refractivity contribution in [3.8, 4) is 0 Å². The van der Waals surface area contributed by atoms with E-state index in [-0.39, 0.29) is 12.1 Å². The van der Waals surface area contributed by atoms with Gasteiger partial charge in [0.15, 0.2) is 0 Å². The molecule has 20 heavy (non-hydrogen) atoms. The lowest BCUT2D eigenvalue weighted by Crippen LogP contribution is -2.54. The van der Waals surface area contributed by atoms with Crippen molar-refractivity contribution in [1.82, 2.24) is 10.2 Å². The molecule has 1 heterocycles. The lowest BCUT2D eigenvalue weighted by atomic mass is 9.84. The van der Waals surface area contributed by atoms with Gasteiger partial charge < -0.3 is 16.0 Å². The van der Waals surface area contributed by atoms with Crippen molar-refractivity contribution in [3.63, 3.8) is 0 Å². The van der Waals surface area contributed by atoms with Crippen molar-refractivity contribution in [1.29, 1.82) is 0 Å². The van der Waals surface area contributed by atoms with Crippen molar-refractivity contribution < 1.29 is 4.79 Å². The minimum absolute atomic E-state index is 0.0141. The average Bonchev–Trinajstić information content (AvgIpc) is 2.46. The summed E-state index contributed by atoms with van der Waals surface area (Å²) in [5.74, 6) is 1.15. The van der Waals surface area contributed by atoms with Crippen molar-refractivity contribution in [2.75, 3.05) is 13.1 Å². The number of likely N-dealkylation sites (tertiary alicyclic amines) is 1. The number of carbonyl (C=O) groups excluding carboxylic acids is 1. The Hall–Kier alpha value is -0.840. The predicted octanol–water partition coefficient (Wildman–Crippen LogP) is 2.66. The zero-order chi connectivity index (χ0) is 14.5. The summed E-state index contributed by atoms with van der Waals surface area (Å²) in [5, 5.41) is 3.09. The van der Waals surface area contributed by atoms with Crippen molar-refractivity contribution >= 4 is 23.2 Å².